The Morgan fingerprint density at radius 1 is 1.40 bits per heavy atom. The Labute approximate surface area is 94.3 Å². The minimum absolute atomic E-state index is 0.366. The van der Waals surface area contributed by atoms with Gasteiger partial charge in [0.05, 0.1) is 13.2 Å². The van der Waals surface area contributed by atoms with E-state index in [9.17, 15) is 9.90 Å². The highest BCUT2D eigenvalue weighted by molar-refractivity contribution is 7.99. The number of hydrogen-bond donors (Lipinski definition) is 1. The summed E-state index contributed by atoms with van der Waals surface area (Å²) in [6.07, 6.45) is 1.19. The maximum atomic E-state index is 11.2. The third kappa shape index (κ3) is 3.66. The molecule has 0 radical (unpaired) electrons. The van der Waals surface area contributed by atoms with Gasteiger partial charge < -0.3 is 14.6 Å². The summed E-state index contributed by atoms with van der Waals surface area (Å²) in [7, 11) is 0. The van der Waals surface area contributed by atoms with Crippen LogP contribution >= 0.6 is 11.8 Å². The molecule has 1 heterocycles. The predicted molar refractivity (Wildman–Crippen MR) is 59.4 cm³/mol. The standard InChI is InChI=1S/C10H18O4S/c1-2-13-5-6-14-10(9(11)12)3-7-15-8-4-10/h2-8H2,1H3,(H,11,12). The quantitative estimate of drug-likeness (QED) is 0.704. The molecular weight excluding hydrogens is 216 g/mol. The first-order valence-electron chi connectivity index (χ1n) is 5.24. The van der Waals surface area contributed by atoms with Gasteiger partial charge in [0.2, 0.25) is 0 Å². The Morgan fingerprint density at radius 3 is 2.60 bits per heavy atom. The van der Waals surface area contributed by atoms with Gasteiger partial charge in [-0.1, -0.05) is 0 Å². The summed E-state index contributed by atoms with van der Waals surface area (Å²) < 4.78 is 10.6. The van der Waals surface area contributed by atoms with Crippen molar-refractivity contribution in [3.63, 3.8) is 0 Å². The zero-order chi connectivity index (χ0) is 11.1. The van der Waals surface area contributed by atoms with Gasteiger partial charge in [-0.25, -0.2) is 4.79 Å². The lowest BCUT2D eigenvalue weighted by Gasteiger charge is -2.32. The Bertz CT molecular complexity index is 202. The predicted octanol–water partition coefficient (Wildman–Crippen LogP) is 1.39. The number of rotatable bonds is 6. The minimum Gasteiger partial charge on any atom is -0.479 e. The van der Waals surface area contributed by atoms with Gasteiger partial charge in [-0.05, 0) is 31.3 Å². The molecule has 1 N–H and O–H groups in total. The molecule has 1 fully saturated rings. The zero-order valence-electron chi connectivity index (χ0n) is 9.03. The van der Waals surface area contributed by atoms with E-state index < -0.39 is 11.6 Å². The molecule has 0 aromatic rings. The largest absolute Gasteiger partial charge is 0.479 e. The Kier molecular flexibility index (Phi) is 5.42. The van der Waals surface area contributed by atoms with Crippen molar-refractivity contribution < 1.29 is 19.4 Å². The third-order valence-corrected chi connectivity index (χ3v) is 3.49. The first kappa shape index (κ1) is 12.8. The summed E-state index contributed by atoms with van der Waals surface area (Å²) in [6, 6.07) is 0. The molecule has 0 aromatic heterocycles. The van der Waals surface area contributed by atoms with Crippen LogP contribution in [-0.2, 0) is 14.3 Å². The first-order chi connectivity index (χ1) is 7.21. The van der Waals surface area contributed by atoms with E-state index in [0.717, 1.165) is 11.5 Å². The summed E-state index contributed by atoms with van der Waals surface area (Å²) in [5.41, 5.74) is -0.956. The highest BCUT2D eigenvalue weighted by Gasteiger charge is 2.40. The maximum Gasteiger partial charge on any atom is 0.336 e. The van der Waals surface area contributed by atoms with E-state index >= 15 is 0 Å². The van der Waals surface area contributed by atoms with E-state index in [1.807, 2.05) is 6.92 Å². The number of carboxylic acids is 1. The van der Waals surface area contributed by atoms with Gasteiger partial charge in [0.15, 0.2) is 5.60 Å². The summed E-state index contributed by atoms with van der Waals surface area (Å²) in [5, 5.41) is 9.17. The van der Waals surface area contributed by atoms with Crippen LogP contribution in [-0.4, -0.2) is 48.0 Å². The van der Waals surface area contributed by atoms with E-state index in [-0.39, 0.29) is 0 Å². The molecule has 0 atom stereocenters. The zero-order valence-corrected chi connectivity index (χ0v) is 9.85. The normalized spacial score (nSPS) is 20.1. The molecular formula is C10H18O4S. The number of carboxylic acid groups (broad SMARTS) is 1. The van der Waals surface area contributed by atoms with Gasteiger partial charge >= 0.3 is 5.97 Å². The summed E-state index contributed by atoms with van der Waals surface area (Å²) in [4.78, 5) is 11.2. The number of carbonyl (C=O) groups is 1. The van der Waals surface area contributed by atoms with Crippen molar-refractivity contribution >= 4 is 17.7 Å². The average Bonchev–Trinajstić information content (AvgIpc) is 2.26. The fraction of sp³-hybridized carbons (Fsp3) is 0.900. The lowest BCUT2D eigenvalue weighted by atomic mass is 9.97. The first-order valence-corrected chi connectivity index (χ1v) is 6.39. The molecule has 0 bridgehead atoms. The summed E-state index contributed by atoms with van der Waals surface area (Å²) in [5.74, 6) is 0.890. The second-order valence-electron chi connectivity index (χ2n) is 3.46. The minimum atomic E-state index is -0.956. The van der Waals surface area contributed by atoms with Crippen molar-refractivity contribution in [2.45, 2.75) is 25.4 Å². The highest BCUT2D eigenvalue weighted by Crippen LogP contribution is 2.30. The van der Waals surface area contributed by atoms with Crippen LogP contribution in [0.2, 0.25) is 0 Å². The number of thioether (sulfide) groups is 1. The molecule has 0 spiro atoms. The Hall–Kier alpha value is -0.260. The second-order valence-corrected chi connectivity index (χ2v) is 4.68. The van der Waals surface area contributed by atoms with Gasteiger partial charge in [-0.15, -0.1) is 0 Å². The van der Waals surface area contributed by atoms with Gasteiger partial charge in [0.25, 0.3) is 0 Å². The second kappa shape index (κ2) is 6.35. The van der Waals surface area contributed by atoms with Crippen LogP contribution in [0.5, 0.6) is 0 Å². The van der Waals surface area contributed by atoms with Crippen LogP contribution in [0.25, 0.3) is 0 Å². The van der Waals surface area contributed by atoms with E-state index in [1.54, 1.807) is 11.8 Å². The van der Waals surface area contributed by atoms with E-state index in [2.05, 4.69) is 0 Å². The van der Waals surface area contributed by atoms with Crippen molar-refractivity contribution in [1.29, 1.82) is 0 Å². The van der Waals surface area contributed by atoms with Crippen LogP contribution in [0.4, 0.5) is 0 Å². The molecule has 1 aliphatic heterocycles. The lowest BCUT2D eigenvalue weighted by molar-refractivity contribution is -0.169. The van der Waals surface area contributed by atoms with Crippen molar-refractivity contribution in [2.24, 2.45) is 0 Å². The van der Waals surface area contributed by atoms with Crippen molar-refractivity contribution in [1.82, 2.24) is 0 Å². The summed E-state index contributed by atoms with van der Waals surface area (Å²) in [6.45, 7) is 3.38. The molecule has 1 saturated heterocycles. The molecule has 1 aliphatic rings. The molecule has 88 valence electrons. The monoisotopic (exact) mass is 234 g/mol. The van der Waals surface area contributed by atoms with Gasteiger partial charge in [-0.2, -0.15) is 11.8 Å². The molecule has 0 saturated carbocycles. The molecule has 0 unspecified atom stereocenters. The number of aliphatic carboxylic acids is 1. The van der Waals surface area contributed by atoms with Crippen LogP contribution < -0.4 is 0 Å². The SMILES string of the molecule is CCOCCOC1(C(=O)O)CCSCC1. The van der Waals surface area contributed by atoms with Crippen molar-refractivity contribution in [3.05, 3.63) is 0 Å². The Morgan fingerprint density at radius 2 is 2.07 bits per heavy atom. The van der Waals surface area contributed by atoms with E-state index in [0.29, 0.717) is 32.7 Å². The fourth-order valence-electron chi connectivity index (χ4n) is 1.56. The van der Waals surface area contributed by atoms with Crippen molar-refractivity contribution in [3.8, 4) is 0 Å². The van der Waals surface area contributed by atoms with Crippen LogP contribution in [0.1, 0.15) is 19.8 Å². The van der Waals surface area contributed by atoms with Crippen LogP contribution in [0.15, 0.2) is 0 Å². The van der Waals surface area contributed by atoms with Gasteiger partial charge in [-0.3, -0.25) is 0 Å². The Balaban J connectivity index is 2.39. The fourth-order valence-corrected chi connectivity index (χ4v) is 2.71. The van der Waals surface area contributed by atoms with Crippen LogP contribution in [0, 0.1) is 0 Å². The average molecular weight is 234 g/mol. The maximum absolute atomic E-state index is 11.2. The third-order valence-electron chi connectivity index (χ3n) is 2.50. The smallest absolute Gasteiger partial charge is 0.336 e. The lowest BCUT2D eigenvalue weighted by Crippen LogP contribution is -2.45. The molecule has 1 rings (SSSR count). The molecule has 15 heavy (non-hydrogen) atoms. The summed E-state index contributed by atoms with van der Waals surface area (Å²) >= 11 is 1.78. The molecule has 0 aliphatic carbocycles. The van der Waals surface area contributed by atoms with E-state index in [1.165, 1.54) is 0 Å². The molecule has 0 aromatic carbocycles. The van der Waals surface area contributed by atoms with Crippen molar-refractivity contribution in [2.75, 3.05) is 31.3 Å². The number of ether oxygens (including phenoxy) is 2. The van der Waals surface area contributed by atoms with E-state index in [4.69, 9.17) is 9.47 Å². The van der Waals surface area contributed by atoms with Gasteiger partial charge in [0.1, 0.15) is 0 Å². The molecule has 0 amide bonds. The molecule has 4 nitrogen and oxygen atoms in total. The number of hydrogen-bond acceptors (Lipinski definition) is 4. The topological polar surface area (TPSA) is 55.8 Å². The van der Waals surface area contributed by atoms with Crippen LogP contribution in [0.3, 0.4) is 0 Å². The highest BCUT2D eigenvalue weighted by atomic mass is 32.2. The molecule has 5 heteroatoms. The van der Waals surface area contributed by atoms with Gasteiger partial charge in [0, 0.05) is 6.61 Å².